The predicted molar refractivity (Wildman–Crippen MR) is 118 cm³/mol. The maximum atomic E-state index is 6.44. The first kappa shape index (κ1) is 21.5. The lowest BCUT2D eigenvalue weighted by atomic mass is 9.77. The van der Waals surface area contributed by atoms with Crippen LogP contribution < -0.4 is 9.47 Å². The molecule has 0 radical (unpaired) electrons. The van der Waals surface area contributed by atoms with Crippen LogP contribution in [0.5, 0.6) is 11.5 Å². The van der Waals surface area contributed by atoms with Gasteiger partial charge in [0.05, 0.1) is 13.2 Å². The second-order valence-electron chi connectivity index (χ2n) is 9.49. The largest absolute Gasteiger partial charge is 0.494 e. The maximum absolute atomic E-state index is 6.44. The van der Waals surface area contributed by atoms with Crippen molar-refractivity contribution in [3.63, 3.8) is 0 Å². The maximum Gasteiger partial charge on any atom is 0.123 e. The zero-order valence-corrected chi connectivity index (χ0v) is 18.6. The van der Waals surface area contributed by atoms with Crippen molar-refractivity contribution in [2.75, 3.05) is 13.2 Å². The van der Waals surface area contributed by atoms with Crippen LogP contribution in [0.25, 0.3) is 0 Å². The van der Waals surface area contributed by atoms with Crippen LogP contribution in [0, 0.1) is 17.8 Å². The van der Waals surface area contributed by atoms with Crippen LogP contribution in [0.4, 0.5) is 0 Å². The van der Waals surface area contributed by atoms with E-state index in [1.54, 1.807) is 0 Å². The lowest BCUT2D eigenvalue weighted by Crippen LogP contribution is -2.20. The number of hydrogen-bond acceptors (Lipinski definition) is 2. The molecule has 0 aliphatic heterocycles. The minimum absolute atomic E-state index is 0.639. The molecule has 0 unspecified atom stereocenters. The van der Waals surface area contributed by atoms with Crippen molar-refractivity contribution in [3.05, 3.63) is 23.8 Å². The zero-order valence-electron chi connectivity index (χ0n) is 18.6. The van der Waals surface area contributed by atoms with Gasteiger partial charge in [-0.25, -0.2) is 0 Å². The molecule has 0 heterocycles. The van der Waals surface area contributed by atoms with Crippen LogP contribution in [0.15, 0.2) is 18.2 Å². The smallest absolute Gasteiger partial charge is 0.123 e. The van der Waals surface area contributed by atoms with E-state index in [1.807, 2.05) is 0 Å². The summed E-state index contributed by atoms with van der Waals surface area (Å²) < 4.78 is 12.4. The number of ether oxygens (including phenoxy) is 2. The molecule has 0 atom stereocenters. The molecule has 2 fully saturated rings. The normalized spacial score (nSPS) is 28.1. The third kappa shape index (κ3) is 6.16. The fourth-order valence-electron chi connectivity index (χ4n) is 5.16. The summed E-state index contributed by atoms with van der Waals surface area (Å²) in [6.07, 6.45) is 14.5. The summed E-state index contributed by atoms with van der Waals surface area (Å²) in [6, 6.07) is 6.59. The molecule has 2 nitrogen and oxygen atoms in total. The topological polar surface area (TPSA) is 18.5 Å². The second kappa shape index (κ2) is 11.1. The standard InChI is InChI=1S/C26H42O2/c1-4-6-21-11-13-23(14-12-21)25-18-24(27-17-5-2)15-16-26(25)28-19-22-9-7-20(3)8-10-22/h15-16,18,20-23H,4-14,17,19H2,1-3H3. The Morgan fingerprint density at radius 2 is 1.54 bits per heavy atom. The highest BCUT2D eigenvalue weighted by molar-refractivity contribution is 5.43. The molecule has 0 aromatic heterocycles. The Balaban J connectivity index is 1.66. The third-order valence-corrected chi connectivity index (χ3v) is 7.05. The second-order valence-corrected chi connectivity index (χ2v) is 9.49. The van der Waals surface area contributed by atoms with Gasteiger partial charge in [0.25, 0.3) is 0 Å². The molecule has 28 heavy (non-hydrogen) atoms. The molecule has 0 spiro atoms. The Morgan fingerprint density at radius 3 is 2.21 bits per heavy atom. The SMILES string of the molecule is CCCOc1ccc(OCC2CCC(C)CC2)c(C2CCC(CCC)CC2)c1. The molecule has 3 rings (SSSR count). The van der Waals surface area contributed by atoms with Gasteiger partial charge in [0.1, 0.15) is 11.5 Å². The van der Waals surface area contributed by atoms with E-state index >= 15 is 0 Å². The van der Waals surface area contributed by atoms with Gasteiger partial charge in [-0.15, -0.1) is 0 Å². The van der Waals surface area contributed by atoms with Crippen molar-refractivity contribution in [3.8, 4) is 11.5 Å². The predicted octanol–water partition coefficient (Wildman–Crippen LogP) is 7.75. The van der Waals surface area contributed by atoms with Crippen LogP contribution in [0.3, 0.4) is 0 Å². The zero-order chi connectivity index (χ0) is 19.8. The molecule has 2 aliphatic rings. The third-order valence-electron chi connectivity index (χ3n) is 7.05. The molecule has 0 saturated heterocycles. The fraction of sp³-hybridized carbons (Fsp3) is 0.769. The molecule has 2 heteroatoms. The van der Waals surface area contributed by atoms with Gasteiger partial charge in [-0.1, -0.05) is 46.5 Å². The molecule has 1 aromatic rings. The van der Waals surface area contributed by atoms with Gasteiger partial charge in [-0.05, 0) is 86.8 Å². The summed E-state index contributed by atoms with van der Waals surface area (Å²) in [6.45, 7) is 8.55. The van der Waals surface area contributed by atoms with E-state index in [0.717, 1.165) is 48.9 Å². The van der Waals surface area contributed by atoms with E-state index in [4.69, 9.17) is 9.47 Å². The first-order chi connectivity index (χ1) is 13.7. The van der Waals surface area contributed by atoms with E-state index in [0.29, 0.717) is 5.92 Å². The molecule has 1 aromatic carbocycles. The van der Waals surface area contributed by atoms with E-state index in [1.165, 1.54) is 69.8 Å². The highest BCUT2D eigenvalue weighted by Crippen LogP contribution is 2.42. The van der Waals surface area contributed by atoms with Crippen LogP contribution in [-0.4, -0.2) is 13.2 Å². The first-order valence-corrected chi connectivity index (χ1v) is 12.1. The lowest BCUT2D eigenvalue weighted by Gasteiger charge is -2.31. The molecular weight excluding hydrogens is 344 g/mol. The molecular formula is C26H42O2. The molecule has 0 bridgehead atoms. The summed E-state index contributed by atoms with van der Waals surface area (Å²) in [5.41, 5.74) is 1.41. The fourth-order valence-corrected chi connectivity index (χ4v) is 5.16. The van der Waals surface area contributed by atoms with Gasteiger partial charge in [-0.3, -0.25) is 0 Å². The summed E-state index contributed by atoms with van der Waals surface area (Å²) in [4.78, 5) is 0. The van der Waals surface area contributed by atoms with Gasteiger partial charge in [0.2, 0.25) is 0 Å². The Bertz CT molecular complexity index is 566. The average molecular weight is 387 g/mol. The van der Waals surface area contributed by atoms with E-state index in [2.05, 4.69) is 39.0 Å². The summed E-state index contributed by atoms with van der Waals surface area (Å²) in [5, 5.41) is 0. The van der Waals surface area contributed by atoms with Gasteiger partial charge in [-0.2, -0.15) is 0 Å². The van der Waals surface area contributed by atoms with Crippen molar-refractivity contribution < 1.29 is 9.47 Å². The first-order valence-electron chi connectivity index (χ1n) is 12.1. The highest BCUT2D eigenvalue weighted by atomic mass is 16.5. The van der Waals surface area contributed by atoms with Crippen molar-refractivity contribution in [1.82, 2.24) is 0 Å². The molecule has 158 valence electrons. The molecule has 0 N–H and O–H groups in total. The Kier molecular flexibility index (Phi) is 8.55. The molecule has 0 amide bonds. The van der Waals surface area contributed by atoms with Gasteiger partial charge < -0.3 is 9.47 Å². The number of benzene rings is 1. The van der Waals surface area contributed by atoms with Gasteiger partial charge in [0, 0.05) is 5.56 Å². The average Bonchev–Trinajstić information content (AvgIpc) is 2.73. The van der Waals surface area contributed by atoms with Crippen LogP contribution in [-0.2, 0) is 0 Å². The van der Waals surface area contributed by atoms with Crippen LogP contribution >= 0.6 is 0 Å². The minimum Gasteiger partial charge on any atom is -0.494 e. The Hall–Kier alpha value is -1.18. The monoisotopic (exact) mass is 386 g/mol. The van der Waals surface area contributed by atoms with Crippen molar-refractivity contribution in [2.45, 2.75) is 97.3 Å². The van der Waals surface area contributed by atoms with Gasteiger partial charge in [0.15, 0.2) is 0 Å². The Labute approximate surface area is 173 Å². The van der Waals surface area contributed by atoms with Crippen LogP contribution in [0.1, 0.15) is 103 Å². The van der Waals surface area contributed by atoms with Crippen molar-refractivity contribution in [1.29, 1.82) is 0 Å². The summed E-state index contributed by atoms with van der Waals surface area (Å²) >= 11 is 0. The minimum atomic E-state index is 0.639. The van der Waals surface area contributed by atoms with E-state index < -0.39 is 0 Å². The number of rotatable bonds is 9. The molecule has 2 aliphatic carbocycles. The Morgan fingerprint density at radius 1 is 0.821 bits per heavy atom. The van der Waals surface area contributed by atoms with E-state index in [9.17, 15) is 0 Å². The molecule has 2 saturated carbocycles. The number of hydrogen-bond donors (Lipinski definition) is 0. The van der Waals surface area contributed by atoms with Crippen molar-refractivity contribution >= 4 is 0 Å². The van der Waals surface area contributed by atoms with Crippen molar-refractivity contribution in [2.24, 2.45) is 17.8 Å². The lowest BCUT2D eigenvalue weighted by molar-refractivity contribution is 0.185. The highest BCUT2D eigenvalue weighted by Gasteiger charge is 2.25. The van der Waals surface area contributed by atoms with Crippen LogP contribution in [0.2, 0.25) is 0 Å². The summed E-state index contributed by atoms with van der Waals surface area (Å²) in [7, 11) is 0. The quantitative estimate of drug-likeness (QED) is 0.432. The summed E-state index contributed by atoms with van der Waals surface area (Å²) in [5.74, 6) is 5.36. The van der Waals surface area contributed by atoms with E-state index in [-0.39, 0.29) is 0 Å². The van der Waals surface area contributed by atoms with Gasteiger partial charge >= 0.3 is 0 Å².